The number of benzene rings is 1. The summed E-state index contributed by atoms with van der Waals surface area (Å²) in [6.45, 7) is 2.89. The summed E-state index contributed by atoms with van der Waals surface area (Å²) < 4.78 is 12.8. The Morgan fingerprint density at radius 3 is 2.97 bits per heavy atom. The molecule has 6 heteroatoms. The zero-order valence-electron chi connectivity index (χ0n) is 16.5. The number of rotatable bonds is 5. The van der Waals surface area contributed by atoms with Crippen LogP contribution in [0.2, 0.25) is 0 Å². The van der Waals surface area contributed by atoms with Crippen molar-refractivity contribution in [2.45, 2.75) is 25.3 Å². The van der Waals surface area contributed by atoms with Gasteiger partial charge < -0.3 is 9.15 Å². The summed E-state index contributed by atoms with van der Waals surface area (Å²) in [6.07, 6.45) is 6.05. The second-order valence-electron chi connectivity index (χ2n) is 7.58. The molecule has 0 saturated carbocycles. The third-order valence-corrected chi connectivity index (χ3v) is 5.58. The van der Waals surface area contributed by atoms with Crippen molar-refractivity contribution in [3.8, 4) is 16.9 Å². The first-order chi connectivity index (χ1) is 14.3. The van der Waals surface area contributed by atoms with Crippen molar-refractivity contribution >= 4 is 5.65 Å². The summed E-state index contributed by atoms with van der Waals surface area (Å²) in [7, 11) is 1.69. The van der Waals surface area contributed by atoms with Crippen molar-refractivity contribution in [3.05, 3.63) is 72.6 Å². The smallest absolute Gasteiger partial charge is 0.156 e. The fourth-order valence-electron chi connectivity index (χ4n) is 4.08. The van der Waals surface area contributed by atoms with Gasteiger partial charge in [-0.15, -0.1) is 0 Å². The van der Waals surface area contributed by atoms with Crippen LogP contribution in [0, 0.1) is 0 Å². The van der Waals surface area contributed by atoms with Crippen molar-refractivity contribution in [2.24, 2.45) is 0 Å². The summed E-state index contributed by atoms with van der Waals surface area (Å²) in [5, 5.41) is 4.82. The zero-order valence-corrected chi connectivity index (χ0v) is 16.5. The van der Waals surface area contributed by atoms with Gasteiger partial charge in [0, 0.05) is 24.2 Å². The predicted molar refractivity (Wildman–Crippen MR) is 111 cm³/mol. The first-order valence-corrected chi connectivity index (χ1v) is 10.0. The molecule has 1 aliphatic rings. The zero-order chi connectivity index (χ0) is 19.6. The summed E-state index contributed by atoms with van der Waals surface area (Å²) in [5.41, 5.74) is 3.08. The van der Waals surface area contributed by atoms with Gasteiger partial charge in [-0.3, -0.25) is 4.90 Å². The highest BCUT2D eigenvalue weighted by Crippen LogP contribution is 2.28. The van der Waals surface area contributed by atoms with Gasteiger partial charge in [-0.2, -0.15) is 5.10 Å². The van der Waals surface area contributed by atoms with Gasteiger partial charge in [0.05, 0.1) is 19.9 Å². The van der Waals surface area contributed by atoms with E-state index in [2.05, 4.69) is 17.0 Å². The molecule has 0 spiro atoms. The highest BCUT2D eigenvalue weighted by Gasteiger charge is 2.25. The van der Waals surface area contributed by atoms with E-state index >= 15 is 0 Å². The van der Waals surface area contributed by atoms with E-state index in [1.807, 2.05) is 47.1 Å². The van der Waals surface area contributed by atoms with Gasteiger partial charge in [0.15, 0.2) is 11.5 Å². The molecule has 5 rings (SSSR count). The molecule has 0 amide bonds. The van der Waals surface area contributed by atoms with Crippen LogP contribution < -0.4 is 4.74 Å². The van der Waals surface area contributed by atoms with Crippen LogP contribution in [0.25, 0.3) is 16.8 Å². The molecule has 0 N–H and O–H groups in total. The molecule has 4 aromatic rings. The van der Waals surface area contributed by atoms with Crippen molar-refractivity contribution < 1.29 is 9.15 Å². The first-order valence-electron chi connectivity index (χ1n) is 10.0. The topological polar surface area (TPSA) is 55.8 Å². The van der Waals surface area contributed by atoms with Crippen molar-refractivity contribution in [1.29, 1.82) is 0 Å². The third-order valence-electron chi connectivity index (χ3n) is 5.58. The molecule has 3 aromatic heterocycles. The van der Waals surface area contributed by atoms with Gasteiger partial charge in [-0.1, -0.05) is 12.1 Å². The van der Waals surface area contributed by atoms with E-state index in [9.17, 15) is 0 Å². The van der Waals surface area contributed by atoms with E-state index in [0.717, 1.165) is 66.6 Å². The molecule has 29 heavy (non-hydrogen) atoms. The fourth-order valence-corrected chi connectivity index (χ4v) is 4.08. The maximum atomic E-state index is 5.51. The number of fused-ring (bicyclic) bond motifs is 1. The average molecular weight is 388 g/mol. The fraction of sp³-hybridized carbons (Fsp3) is 0.304. The van der Waals surface area contributed by atoms with Crippen LogP contribution in [0.5, 0.6) is 5.75 Å². The monoisotopic (exact) mass is 388 g/mol. The summed E-state index contributed by atoms with van der Waals surface area (Å²) in [4.78, 5) is 7.24. The lowest BCUT2D eigenvalue weighted by Gasteiger charge is -2.30. The van der Waals surface area contributed by atoms with E-state index in [1.165, 1.54) is 0 Å². The Kier molecular flexibility index (Phi) is 4.77. The van der Waals surface area contributed by atoms with Crippen molar-refractivity contribution in [1.82, 2.24) is 19.5 Å². The number of methoxy groups -OCH3 is 1. The maximum absolute atomic E-state index is 5.51. The van der Waals surface area contributed by atoms with Crippen LogP contribution in [0.15, 0.2) is 65.4 Å². The number of likely N-dealkylation sites (tertiary alicyclic amines) is 1. The molecule has 1 fully saturated rings. The second kappa shape index (κ2) is 7.72. The second-order valence-corrected chi connectivity index (χ2v) is 7.58. The quantitative estimate of drug-likeness (QED) is 0.508. The molecule has 1 saturated heterocycles. The molecule has 1 atom stereocenters. The van der Waals surface area contributed by atoms with Gasteiger partial charge in [0.2, 0.25) is 0 Å². The largest absolute Gasteiger partial charge is 0.497 e. The molecule has 1 aromatic carbocycles. The molecule has 1 aliphatic heterocycles. The van der Waals surface area contributed by atoms with Gasteiger partial charge >= 0.3 is 0 Å². The lowest BCUT2D eigenvalue weighted by molar-refractivity contribution is 0.183. The lowest BCUT2D eigenvalue weighted by atomic mass is 9.97. The highest BCUT2D eigenvalue weighted by molar-refractivity contribution is 5.65. The summed E-state index contributed by atoms with van der Waals surface area (Å²) >= 11 is 0. The lowest BCUT2D eigenvalue weighted by Crippen LogP contribution is -2.34. The summed E-state index contributed by atoms with van der Waals surface area (Å²) in [6, 6.07) is 16.2. The highest BCUT2D eigenvalue weighted by atomic mass is 16.5. The molecule has 148 valence electrons. The number of ether oxygens (including phenoxy) is 1. The minimum absolute atomic E-state index is 0.346. The van der Waals surface area contributed by atoms with Crippen molar-refractivity contribution in [2.75, 3.05) is 20.2 Å². The van der Waals surface area contributed by atoms with Gasteiger partial charge in [-0.05, 0) is 61.3 Å². The molecule has 6 nitrogen and oxygen atoms in total. The molecule has 1 unspecified atom stereocenters. The van der Waals surface area contributed by atoms with E-state index in [4.69, 9.17) is 19.2 Å². The number of furan rings is 1. The normalized spacial score (nSPS) is 17.6. The van der Waals surface area contributed by atoms with Gasteiger partial charge in [0.25, 0.3) is 0 Å². The van der Waals surface area contributed by atoms with E-state index < -0.39 is 0 Å². The molecule has 0 bridgehead atoms. The van der Waals surface area contributed by atoms with E-state index in [0.29, 0.717) is 5.92 Å². The number of hydrogen-bond donors (Lipinski definition) is 0. The van der Waals surface area contributed by atoms with Crippen molar-refractivity contribution in [3.63, 3.8) is 0 Å². The Bertz CT molecular complexity index is 1100. The van der Waals surface area contributed by atoms with E-state index in [1.54, 1.807) is 13.4 Å². The number of nitrogens with zero attached hydrogens (tertiary/aromatic N) is 4. The average Bonchev–Trinajstić information content (AvgIpc) is 3.43. The third kappa shape index (κ3) is 3.76. The Balaban J connectivity index is 1.38. The van der Waals surface area contributed by atoms with Gasteiger partial charge in [0.1, 0.15) is 11.5 Å². The number of pyridine rings is 1. The van der Waals surface area contributed by atoms with E-state index in [-0.39, 0.29) is 0 Å². The number of piperidine rings is 1. The Morgan fingerprint density at radius 1 is 1.14 bits per heavy atom. The SMILES string of the molecule is COc1cccc(-c2ccc3nc(C4CCCN(Cc5ccco5)C4)nn3c2)c1. The van der Waals surface area contributed by atoms with Crippen LogP contribution in [0.4, 0.5) is 0 Å². The number of aromatic nitrogens is 3. The Labute approximate surface area is 169 Å². The van der Waals surface area contributed by atoms with Crippen LogP contribution in [0.3, 0.4) is 0 Å². The van der Waals surface area contributed by atoms with Crippen LogP contribution >= 0.6 is 0 Å². The number of hydrogen-bond acceptors (Lipinski definition) is 5. The minimum atomic E-state index is 0.346. The van der Waals surface area contributed by atoms with Crippen LogP contribution in [0.1, 0.15) is 30.3 Å². The standard InChI is InChI=1S/C23H24N4O2/c1-28-20-7-2-5-17(13-20)18-9-10-22-24-23(25-27(22)15-18)19-6-3-11-26(14-19)16-21-8-4-12-29-21/h2,4-5,7-10,12-13,15,19H,3,6,11,14,16H2,1H3. The first kappa shape index (κ1) is 17.9. The van der Waals surface area contributed by atoms with Crippen LogP contribution in [-0.2, 0) is 6.54 Å². The Hall–Kier alpha value is -3.12. The molecule has 4 heterocycles. The molecular weight excluding hydrogens is 364 g/mol. The molecule has 0 aliphatic carbocycles. The maximum Gasteiger partial charge on any atom is 0.156 e. The summed E-state index contributed by atoms with van der Waals surface area (Å²) in [5.74, 6) is 3.13. The molecular formula is C23H24N4O2. The van der Waals surface area contributed by atoms with Gasteiger partial charge in [-0.25, -0.2) is 9.50 Å². The Morgan fingerprint density at radius 2 is 2.10 bits per heavy atom. The predicted octanol–water partition coefficient (Wildman–Crippen LogP) is 4.38. The molecule has 0 radical (unpaired) electrons. The minimum Gasteiger partial charge on any atom is -0.497 e. The van der Waals surface area contributed by atoms with Crippen LogP contribution in [-0.4, -0.2) is 39.7 Å².